The summed E-state index contributed by atoms with van der Waals surface area (Å²) >= 11 is 0. The van der Waals surface area contributed by atoms with Crippen molar-refractivity contribution in [1.82, 2.24) is 19.7 Å². The maximum absolute atomic E-state index is 13.3. The molecule has 2 aromatic heterocycles. The lowest BCUT2D eigenvalue weighted by Gasteiger charge is -2.32. The predicted octanol–water partition coefficient (Wildman–Crippen LogP) is 5.10. The first-order valence-electron chi connectivity index (χ1n) is 10.9. The second-order valence-corrected chi connectivity index (χ2v) is 8.49. The van der Waals surface area contributed by atoms with Crippen molar-refractivity contribution >= 4 is 16.8 Å². The van der Waals surface area contributed by atoms with Crippen LogP contribution in [0.15, 0.2) is 60.7 Å². The topological polar surface area (TPSA) is 51.0 Å². The van der Waals surface area contributed by atoms with E-state index in [0.29, 0.717) is 12.1 Å². The van der Waals surface area contributed by atoms with Gasteiger partial charge in [-0.05, 0) is 74.4 Å². The first-order chi connectivity index (χ1) is 15.5. The van der Waals surface area contributed by atoms with Gasteiger partial charge in [-0.15, -0.1) is 0 Å². The lowest BCUT2D eigenvalue weighted by atomic mass is 9.93. The van der Waals surface area contributed by atoms with E-state index in [4.69, 9.17) is 4.98 Å². The molecule has 6 heteroatoms. The smallest absolute Gasteiger partial charge is 0.253 e. The van der Waals surface area contributed by atoms with Crippen molar-refractivity contribution in [2.75, 3.05) is 13.1 Å². The van der Waals surface area contributed by atoms with Gasteiger partial charge in [-0.2, -0.15) is 5.10 Å². The number of rotatable bonds is 3. The Morgan fingerprint density at radius 3 is 2.72 bits per heavy atom. The summed E-state index contributed by atoms with van der Waals surface area (Å²) < 4.78 is 15.1. The van der Waals surface area contributed by atoms with Gasteiger partial charge in [-0.3, -0.25) is 14.5 Å². The van der Waals surface area contributed by atoms with E-state index in [1.54, 1.807) is 12.1 Å². The summed E-state index contributed by atoms with van der Waals surface area (Å²) in [6, 6.07) is 18.2. The third-order valence-corrected chi connectivity index (χ3v) is 6.32. The van der Waals surface area contributed by atoms with Crippen molar-refractivity contribution in [2.45, 2.75) is 25.7 Å². The van der Waals surface area contributed by atoms with Gasteiger partial charge in [0, 0.05) is 48.3 Å². The number of likely N-dealkylation sites (tertiary alicyclic amines) is 1. The van der Waals surface area contributed by atoms with Crippen molar-refractivity contribution < 1.29 is 9.18 Å². The first kappa shape index (κ1) is 20.4. The van der Waals surface area contributed by atoms with E-state index in [1.165, 1.54) is 12.1 Å². The third kappa shape index (κ3) is 3.77. The normalized spacial score (nSPS) is 16.5. The molecule has 5 nitrogen and oxygen atoms in total. The number of nitrogens with zero attached hydrogens (tertiary/aromatic N) is 4. The molecular weight excluding hydrogens is 403 g/mol. The van der Waals surface area contributed by atoms with E-state index in [-0.39, 0.29) is 17.6 Å². The maximum atomic E-state index is 13.3. The Labute approximate surface area is 186 Å². The Balaban J connectivity index is 1.38. The molecule has 0 radical (unpaired) electrons. The summed E-state index contributed by atoms with van der Waals surface area (Å²) in [5.41, 5.74) is 5.33. The minimum atomic E-state index is -0.258. The lowest BCUT2D eigenvalue weighted by Crippen LogP contribution is -2.39. The fourth-order valence-electron chi connectivity index (χ4n) is 4.62. The number of benzene rings is 2. The summed E-state index contributed by atoms with van der Waals surface area (Å²) in [5.74, 6) is -0.0301. The van der Waals surface area contributed by atoms with Crippen molar-refractivity contribution in [3.05, 3.63) is 83.4 Å². The van der Waals surface area contributed by atoms with E-state index >= 15 is 0 Å². The standard InChI is InChI=1S/C26H25FN4O/c1-17-22-15-19(10-13-25(22)30(2)29-17)26(32)31-14-4-5-20(16-31)24-7-3-6-23(28-24)18-8-11-21(27)12-9-18/h3,6-13,15,20H,4-5,14,16H2,1-2H3/t20-/m0/s1. The zero-order chi connectivity index (χ0) is 22.2. The maximum Gasteiger partial charge on any atom is 0.253 e. The largest absolute Gasteiger partial charge is 0.338 e. The molecule has 1 saturated heterocycles. The van der Waals surface area contributed by atoms with Crippen LogP contribution in [0.1, 0.15) is 40.5 Å². The van der Waals surface area contributed by atoms with Crippen LogP contribution in [0.3, 0.4) is 0 Å². The second kappa shape index (κ2) is 8.19. The highest BCUT2D eigenvalue weighted by Crippen LogP contribution is 2.29. The second-order valence-electron chi connectivity index (χ2n) is 8.49. The molecule has 2 aromatic carbocycles. The minimum Gasteiger partial charge on any atom is -0.338 e. The van der Waals surface area contributed by atoms with Crippen LogP contribution >= 0.6 is 0 Å². The molecule has 3 heterocycles. The molecule has 0 spiro atoms. The first-order valence-corrected chi connectivity index (χ1v) is 10.9. The summed E-state index contributed by atoms with van der Waals surface area (Å²) in [6.45, 7) is 3.35. The molecule has 162 valence electrons. The van der Waals surface area contributed by atoms with Gasteiger partial charge in [-0.1, -0.05) is 6.07 Å². The Kier molecular flexibility index (Phi) is 5.21. The number of aryl methyl sites for hydroxylation is 2. The highest BCUT2D eigenvalue weighted by Gasteiger charge is 2.27. The van der Waals surface area contributed by atoms with Crippen molar-refractivity contribution in [1.29, 1.82) is 0 Å². The molecule has 0 N–H and O–H groups in total. The summed E-state index contributed by atoms with van der Waals surface area (Å²) in [5, 5.41) is 5.47. The molecular formula is C26H25FN4O. The molecule has 1 aliphatic rings. The molecule has 32 heavy (non-hydrogen) atoms. The number of hydrogen-bond acceptors (Lipinski definition) is 3. The van der Waals surface area contributed by atoms with E-state index in [1.807, 2.05) is 60.0 Å². The fourth-order valence-corrected chi connectivity index (χ4v) is 4.62. The van der Waals surface area contributed by atoms with Crippen LogP contribution in [-0.4, -0.2) is 38.7 Å². The zero-order valence-electron chi connectivity index (χ0n) is 18.3. The predicted molar refractivity (Wildman–Crippen MR) is 123 cm³/mol. The monoisotopic (exact) mass is 428 g/mol. The van der Waals surface area contributed by atoms with Crippen LogP contribution in [0.4, 0.5) is 4.39 Å². The van der Waals surface area contributed by atoms with Crippen molar-refractivity contribution in [3.8, 4) is 11.3 Å². The van der Waals surface area contributed by atoms with Crippen molar-refractivity contribution in [2.24, 2.45) is 7.05 Å². The SMILES string of the molecule is Cc1nn(C)c2ccc(C(=O)N3CCC[C@H](c4cccc(-c5ccc(F)cc5)n4)C3)cc12. The van der Waals surface area contributed by atoms with Gasteiger partial charge < -0.3 is 4.90 Å². The molecule has 1 amide bonds. The minimum absolute atomic E-state index is 0.0505. The van der Waals surface area contributed by atoms with Gasteiger partial charge in [0.2, 0.25) is 0 Å². The van der Waals surface area contributed by atoms with Crippen molar-refractivity contribution in [3.63, 3.8) is 0 Å². The molecule has 1 atom stereocenters. The summed E-state index contributed by atoms with van der Waals surface area (Å²) in [6.07, 6.45) is 1.93. The molecule has 0 saturated carbocycles. The van der Waals surface area contributed by atoms with E-state index in [2.05, 4.69) is 5.10 Å². The van der Waals surface area contributed by atoms with Crippen LogP contribution in [0.25, 0.3) is 22.2 Å². The van der Waals surface area contributed by atoms with Crippen LogP contribution in [0.5, 0.6) is 0 Å². The van der Waals surface area contributed by atoms with E-state index < -0.39 is 0 Å². The van der Waals surface area contributed by atoms with E-state index in [9.17, 15) is 9.18 Å². The number of aromatic nitrogens is 3. The molecule has 0 bridgehead atoms. The van der Waals surface area contributed by atoms with Gasteiger partial charge in [0.05, 0.1) is 16.9 Å². The number of fused-ring (bicyclic) bond motifs is 1. The number of pyridine rings is 1. The van der Waals surface area contributed by atoms with Gasteiger partial charge in [-0.25, -0.2) is 4.39 Å². The fraction of sp³-hybridized carbons (Fsp3) is 0.269. The lowest BCUT2D eigenvalue weighted by molar-refractivity contribution is 0.0706. The number of piperidine rings is 1. The third-order valence-electron chi connectivity index (χ3n) is 6.32. The van der Waals surface area contributed by atoms with Crippen LogP contribution in [-0.2, 0) is 7.05 Å². The molecule has 0 aliphatic carbocycles. The Hall–Kier alpha value is -3.54. The Morgan fingerprint density at radius 1 is 1.09 bits per heavy atom. The molecule has 1 aliphatic heterocycles. The van der Waals surface area contributed by atoms with Gasteiger partial charge in [0.25, 0.3) is 5.91 Å². The molecule has 1 fully saturated rings. The zero-order valence-corrected chi connectivity index (χ0v) is 18.3. The van der Waals surface area contributed by atoms with Gasteiger partial charge >= 0.3 is 0 Å². The quantitative estimate of drug-likeness (QED) is 0.456. The number of amides is 1. The molecule has 5 rings (SSSR count). The van der Waals surface area contributed by atoms with Gasteiger partial charge in [0.15, 0.2) is 0 Å². The number of carbonyl (C=O) groups is 1. The van der Waals surface area contributed by atoms with Gasteiger partial charge in [0.1, 0.15) is 5.82 Å². The van der Waals surface area contributed by atoms with E-state index in [0.717, 1.165) is 52.9 Å². The summed E-state index contributed by atoms with van der Waals surface area (Å²) in [7, 11) is 1.92. The number of halogens is 1. The molecule has 0 unspecified atom stereocenters. The highest BCUT2D eigenvalue weighted by molar-refractivity contribution is 5.98. The molecule has 4 aromatic rings. The number of hydrogen-bond donors (Lipinski definition) is 0. The Bertz CT molecular complexity index is 1300. The number of carbonyl (C=O) groups excluding carboxylic acids is 1. The van der Waals surface area contributed by atoms with Crippen LogP contribution in [0.2, 0.25) is 0 Å². The average Bonchev–Trinajstić information content (AvgIpc) is 3.12. The summed E-state index contributed by atoms with van der Waals surface area (Å²) in [4.78, 5) is 20.1. The Morgan fingerprint density at radius 2 is 1.91 bits per heavy atom. The highest BCUT2D eigenvalue weighted by atomic mass is 19.1. The van der Waals surface area contributed by atoms with Crippen LogP contribution < -0.4 is 0 Å². The van der Waals surface area contributed by atoms with Crippen LogP contribution in [0, 0.1) is 12.7 Å². The average molecular weight is 429 g/mol.